The van der Waals surface area contributed by atoms with Gasteiger partial charge in [-0.2, -0.15) is 0 Å². The fourth-order valence-corrected chi connectivity index (χ4v) is 4.56. The minimum Gasteiger partial charge on any atom is -0.481 e. The molecule has 0 spiro atoms. The molecule has 0 aliphatic heterocycles. The van der Waals surface area contributed by atoms with Crippen LogP contribution in [-0.2, 0) is 19.1 Å². The van der Waals surface area contributed by atoms with Gasteiger partial charge in [-0.1, -0.05) is 60.7 Å². The predicted octanol–water partition coefficient (Wildman–Crippen LogP) is 3.07. The Hall–Kier alpha value is -3.65. The standard InChI is InChI=1S/C26H28N2O6/c1-15(33-2)23(24(29)27-17-12-11-16(13-17)25(30)31)28-26(32)34-14-22-20-9-5-3-7-18(20)19-8-4-6-10-21(19)22/h3-12,15-17,22-23H,13-14H2,1-2H3,(H,27,29)(H,28,32)(H,30,31). The summed E-state index contributed by atoms with van der Waals surface area (Å²) >= 11 is 0. The molecule has 2 aromatic rings. The van der Waals surface area contributed by atoms with Gasteiger partial charge in [0.25, 0.3) is 0 Å². The monoisotopic (exact) mass is 464 g/mol. The quantitative estimate of drug-likeness (QED) is 0.518. The Bertz CT molecular complexity index is 1070. The number of aliphatic carboxylic acids is 1. The van der Waals surface area contributed by atoms with Crippen molar-refractivity contribution in [1.29, 1.82) is 0 Å². The second-order valence-electron chi connectivity index (χ2n) is 8.57. The van der Waals surface area contributed by atoms with Gasteiger partial charge in [-0.15, -0.1) is 0 Å². The van der Waals surface area contributed by atoms with Crippen LogP contribution in [0.2, 0.25) is 0 Å². The zero-order valence-corrected chi connectivity index (χ0v) is 19.1. The van der Waals surface area contributed by atoms with Crippen molar-refractivity contribution in [1.82, 2.24) is 10.6 Å². The van der Waals surface area contributed by atoms with E-state index in [1.54, 1.807) is 19.1 Å². The molecule has 4 rings (SSSR count). The van der Waals surface area contributed by atoms with Gasteiger partial charge in [0.1, 0.15) is 12.6 Å². The third-order valence-corrected chi connectivity index (χ3v) is 6.47. The van der Waals surface area contributed by atoms with Gasteiger partial charge in [-0.25, -0.2) is 4.79 Å². The lowest BCUT2D eigenvalue weighted by Gasteiger charge is -2.25. The van der Waals surface area contributed by atoms with E-state index in [0.29, 0.717) is 0 Å². The molecule has 8 heteroatoms. The molecule has 0 aromatic heterocycles. The Morgan fingerprint density at radius 3 is 2.21 bits per heavy atom. The largest absolute Gasteiger partial charge is 0.481 e. The molecule has 3 N–H and O–H groups in total. The van der Waals surface area contributed by atoms with E-state index in [9.17, 15) is 14.4 Å². The summed E-state index contributed by atoms with van der Waals surface area (Å²) in [4.78, 5) is 36.7. The lowest BCUT2D eigenvalue weighted by molar-refractivity contribution is -0.140. The molecule has 0 fully saturated rings. The molecule has 34 heavy (non-hydrogen) atoms. The van der Waals surface area contributed by atoms with E-state index >= 15 is 0 Å². The number of rotatable bonds is 8. The van der Waals surface area contributed by atoms with Gasteiger partial charge in [0.15, 0.2) is 0 Å². The number of carbonyl (C=O) groups is 3. The van der Waals surface area contributed by atoms with Crippen molar-refractivity contribution in [2.75, 3.05) is 13.7 Å². The number of amides is 2. The highest BCUT2D eigenvalue weighted by Gasteiger charge is 2.33. The molecule has 8 nitrogen and oxygen atoms in total. The molecule has 178 valence electrons. The van der Waals surface area contributed by atoms with Crippen LogP contribution >= 0.6 is 0 Å². The van der Waals surface area contributed by atoms with Gasteiger partial charge in [-0.3, -0.25) is 9.59 Å². The summed E-state index contributed by atoms with van der Waals surface area (Å²) in [6.07, 6.45) is 2.12. The van der Waals surface area contributed by atoms with Crippen LogP contribution in [0.25, 0.3) is 11.1 Å². The number of fused-ring (bicyclic) bond motifs is 3. The Balaban J connectivity index is 1.39. The first kappa shape index (κ1) is 23.5. The third-order valence-electron chi connectivity index (χ3n) is 6.47. The van der Waals surface area contributed by atoms with Crippen LogP contribution in [-0.4, -0.2) is 55.0 Å². The Morgan fingerprint density at radius 1 is 1.03 bits per heavy atom. The molecule has 2 amide bonds. The predicted molar refractivity (Wildman–Crippen MR) is 125 cm³/mol. The summed E-state index contributed by atoms with van der Waals surface area (Å²) < 4.78 is 10.8. The summed E-state index contributed by atoms with van der Waals surface area (Å²) in [6.45, 7) is 1.79. The molecule has 2 aliphatic rings. The molecule has 2 aromatic carbocycles. The number of ether oxygens (including phenoxy) is 2. The molecular weight excluding hydrogens is 436 g/mol. The number of benzene rings is 2. The summed E-state index contributed by atoms with van der Waals surface area (Å²) in [5, 5.41) is 14.5. The number of hydrogen-bond acceptors (Lipinski definition) is 5. The van der Waals surface area contributed by atoms with Gasteiger partial charge < -0.3 is 25.2 Å². The van der Waals surface area contributed by atoms with Crippen molar-refractivity contribution in [3.05, 3.63) is 71.8 Å². The van der Waals surface area contributed by atoms with Crippen LogP contribution in [0.4, 0.5) is 4.79 Å². The normalized spacial score (nSPS) is 20.2. The SMILES string of the molecule is COC(C)C(NC(=O)OCC1c2ccccc2-c2ccccc21)C(=O)NC1C=CC(C(=O)O)C1. The minimum absolute atomic E-state index is 0.0955. The second kappa shape index (κ2) is 10.1. The smallest absolute Gasteiger partial charge is 0.407 e. The Kier molecular flexibility index (Phi) is 6.98. The molecule has 0 heterocycles. The first-order chi connectivity index (χ1) is 16.4. The molecular formula is C26H28N2O6. The van der Waals surface area contributed by atoms with E-state index < -0.39 is 42.1 Å². The maximum atomic E-state index is 12.9. The van der Waals surface area contributed by atoms with Gasteiger partial charge >= 0.3 is 12.1 Å². The van der Waals surface area contributed by atoms with Gasteiger partial charge in [-0.05, 0) is 35.6 Å². The lowest BCUT2D eigenvalue weighted by Crippen LogP contribution is -2.54. The number of hydrogen-bond donors (Lipinski definition) is 3. The third kappa shape index (κ3) is 4.82. The summed E-state index contributed by atoms with van der Waals surface area (Å²) in [5.41, 5.74) is 4.44. The highest BCUT2D eigenvalue weighted by Crippen LogP contribution is 2.44. The number of carboxylic acid groups (broad SMARTS) is 1. The number of methoxy groups -OCH3 is 1. The van der Waals surface area contributed by atoms with Crippen LogP contribution in [0.3, 0.4) is 0 Å². The molecule has 2 aliphatic carbocycles. The van der Waals surface area contributed by atoms with Crippen molar-refractivity contribution in [3.8, 4) is 11.1 Å². The highest BCUT2D eigenvalue weighted by molar-refractivity contribution is 5.87. The van der Waals surface area contributed by atoms with E-state index in [-0.39, 0.29) is 18.9 Å². The summed E-state index contributed by atoms with van der Waals surface area (Å²) in [6, 6.07) is 14.6. The van der Waals surface area contributed by atoms with Crippen LogP contribution in [0, 0.1) is 5.92 Å². The first-order valence-corrected chi connectivity index (χ1v) is 11.2. The first-order valence-electron chi connectivity index (χ1n) is 11.2. The molecule has 0 radical (unpaired) electrons. The average molecular weight is 465 g/mol. The maximum absolute atomic E-state index is 12.9. The fourth-order valence-electron chi connectivity index (χ4n) is 4.56. The van der Waals surface area contributed by atoms with Gasteiger partial charge in [0.2, 0.25) is 5.91 Å². The molecule has 0 saturated carbocycles. The Morgan fingerprint density at radius 2 is 1.65 bits per heavy atom. The number of carbonyl (C=O) groups excluding carboxylic acids is 2. The van der Waals surface area contributed by atoms with E-state index in [4.69, 9.17) is 14.6 Å². The van der Waals surface area contributed by atoms with Crippen LogP contribution in [0.5, 0.6) is 0 Å². The highest BCUT2D eigenvalue weighted by atomic mass is 16.5. The van der Waals surface area contributed by atoms with Crippen molar-refractivity contribution in [2.45, 2.75) is 37.5 Å². The lowest BCUT2D eigenvalue weighted by atomic mass is 9.98. The van der Waals surface area contributed by atoms with Crippen LogP contribution in [0.1, 0.15) is 30.4 Å². The minimum atomic E-state index is -1.00. The van der Waals surface area contributed by atoms with E-state index in [1.165, 1.54) is 7.11 Å². The molecule has 0 saturated heterocycles. The average Bonchev–Trinajstić information content (AvgIpc) is 3.43. The number of nitrogens with one attached hydrogen (secondary N) is 2. The van der Waals surface area contributed by atoms with Crippen molar-refractivity contribution >= 4 is 18.0 Å². The zero-order valence-electron chi connectivity index (χ0n) is 19.1. The number of carboxylic acids is 1. The van der Waals surface area contributed by atoms with Gasteiger partial charge in [0, 0.05) is 19.1 Å². The second-order valence-corrected chi connectivity index (χ2v) is 8.57. The van der Waals surface area contributed by atoms with E-state index in [0.717, 1.165) is 22.3 Å². The summed E-state index contributed by atoms with van der Waals surface area (Å²) in [7, 11) is 1.44. The van der Waals surface area contributed by atoms with Crippen LogP contribution in [0.15, 0.2) is 60.7 Å². The van der Waals surface area contributed by atoms with Crippen molar-refractivity contribution < 1.29 is 29.0 Å². The molecule has 4 unspecified atom stereocenters. The van der Waals surface area contributed by atoms with E-state index in [2.05, 4.69) is 22.8 Å². The maximum Gasteiger partial charge on any atom is 0.407 e. The van der Waals surface area contributed by atoms with Gasteiger partial charge in [0.05, 0.1) is 12.0 Å². The van der Waals surface area contributed by atoms with Crippen molar-refractivity contribution in [3.63, 3.8) is 0 Å². The zero-order chi connectivity index (χ0) is 24.2. The van der Waals surface area contributed by atoms with E-state index in [1.807, 2.05) is 36.4 Å². The Labute approximate surface area is 198 Å². The molecule has 4 atom stereocenters. The van der Waals surface area contributed by atoms with Crippen LogP contribution < -0.4 is 10.6 Å². The fraction of sp³-hybridized carbons (Fsp3) is 0.346. The summed E-state index contributed by atoms with van der Waals surface area (Å²) in [5.74, 6) is -2.14. The molecule has 0 bridgehead atoms. The number of alkyl carbamates (subject to hydrolysis) is 1. The topological polar surface area (TPSA) is 114 Å². The van der Waals surface area contributed by atoms with Crippen molar-refractivity contribution in [2.24, 2.45) is 5.92 Å².